The average Bonchev–Trinajstić information content (AvgIpc) is 3.56. The molecule has 0 unspecified atom stereocenters. The number of allylic oxidation sites excluding steroid dienone is 1. The van der Waals surface area contributed by atoms with Crippen LogP contribution in [-0.4, -0.2) is 38.9 Å². The topological polar surface area (TPSA) is 91.0 Å². The van der Waals surface area contributed by atoms with Crippen molar-refractivity contribution in [3.8, 4) is 6.07 Å². The third-order valence-electron chi connectivity index (χ3n) is 5.83. The smallest absolute Gasteiger partial charge is 0.272 e. The maximum absolute atomic E-state index is 13.1. The number of carbonyl (C=O) groups excluding carboxylic acids is 2. The standard InChI is InChI=1S/C25H25F2N5O2S/c1-15(2)12-16(13-28)24(34)31-11-5-6-17(31)14-32-19-8-4-3-7-18(19)29-25(32)30-23(33)21-10-9-20(35-21)22(26)27/h3-4,7-10,12,15,17,22H,5-6,11,14H2,1-2H3,(H,29,30,33)/b16-12+/t17-/m1/s1. The van der Waals surface area contributed by atoms with Crippen LogP contribution in [0.3, 0.4) is 0 Å². The van der Waals surface area contributed by atoms with E-state index in [2.05, 4.69) is 10.3 Å². The molecular formula is C25H25F2N5O2S. The van der Waals surface area contributed by atoms with Gasteiger partial charge in [0.05, 0.1) is 26.8 Å². The lowest BCUT2D eigenvalue weighted by molar-refractivity contribution is -0.127. The van der Waals surface area contributed by atoms with Gasteiger partial charge < -0.3 is 9.47 Å². The van der Waals surface area contributed by atoms with E-state index >= 15 is 0 Å². The van der Waals surface area contributed by atoms with Gasteiger partial charge in [-0.25, -0.2) is 13.8 Å². The van der Waals surface area contributed by atoms with E-state index in [0.29, 0.717) is 18.6 Å². The van der Waals surface area contributed by atoms with Crippen molar-refractivity contribution >= 4 is 40.1 Å². The van der Waals surface area contributed by atoms with Crippen LogP contribution in [0.25, 0.3) is 11.0 Å². The highest BCUT2D eigenvalue weighted by Crippen LogP contribution is 2.29. The normalized spacial score (nSPS) is 16.3. The van der Waals surface area contributed by atoms with E-state index in [1.165, 1.54) is 12.1 Å². The summed E-state index contributed by atoms with van der Waals surface area (Å²) >= 11 is 0.740. The van der Waals surface area contributed by atoms with Crippen LogP contribution in [0.1, 0.15) is 47.7 Å². The predicted molar refractivity (Wildman–Crippen MR) is 130 cm³/mol. The number of fused-ring (bicyclic) bond motifs is 1. The number of hydrogen-bond donors (Lipinski definition) is 1. The fraction of sp³-hybridized carbons (Fsp3) is 0.360. The minimum absolute atomic E-state index is 0.0666. The number of rotatable bonds is 7. The number of aromatic nitrogens is 2. The first-order chi connectivity index (χ1) is 16.8. The van der Waals surface area contributed by atoms with Gasteiger partial charge in [-0.15, -0.1) is 11.3 Å². The molecule has 35 heavy (non-hydrogen) atoms. The highest BCUT2D eigenvalue weighted by molar-refractivity contribution is 7.14. The summed E-state index contributed by atoms with van der Waals surface area (Å²) in [4.78, 5) is 32.2. The zero-order chi connectivity index (χ0) is 25.1. The first-order valence-corrected chi connectivity index (χ1v) is 12.2. The molecule has 1 aliphatic rings. The lowest BCUT2D eigenvalue weighted by atomic mass is 10.1. The number of benzene rings is 1. The lowest BCUT2D eigenvalue weighted by Crippen LogP contribution is -2.39. The van der Waals surface area contributed by atoms with Gasteiger partial charge in [0.1, 0.15) is 11.6 Å². The van der Waals surface area contributed by atoms with Crippen molar-refractivity contribution in [1.29, 1.82) is 5.26 Å². The van der Waals surface area contributed by atoms with Gasteiger partial charge in [-0.2, -0.15) is 5.26 Å². The van der Waals surface area contributed by atoms with Crippen molar-refractivity contribution in [2.45, 2.75) is 45.7 Å². The van der Waals surface area contributed by atoms with Crippen molar-refractivity contribution in [3.05, 3.63) is 57.8 Å². The van der Waals surface area contributed by atoms with Gasteiger partial charge >= 0.3 is 0 Å². The van der Waals surface area contributed by atoms with E-state index in [-0.39, 0.29) is 39.1 Å². The Morgan fingerprint density at radius 2 is 2.06 bits per heavy atom. The maximum atomic E-state index is 13.1. The molecule has 2 amide bonds. The van der Waals surface area contributed by atoms with Crippen molar-refractivity contribution in [3.63, 3.8) is 0 Å². The zero-order valence-electron chi connectivity index (χ0n) is 19.4. The summed E-state index contributed by atoms with van der Waals surface area (Å²) in [6.45, 7) is 4.74. The maximum Gasteiger partial charge on any atom is 0.272 e. The summed E-state index contributed by atoms with van der Waals surface area (Å²) in [6.07, 6.45) is 0.579. The van der Waals surface area contributed by atoms with Crippen LogP contribution in [0.15, 0.2) is 48.0 Å². The Morgan fingerprint density at radius 3 is 2.74 bits per heavy atom. The summed E-state index contributed by atoms with van der Waals surface area (Å²) in [5.74, 6) is -0.473. The molecule has 10 heteroatoms. The van der Waals surface area contributed by atoms with Gasteiger partial charge in [0.25, 0.3) is 18.2 Å². The molecule has 182 valence electrons. The number of carbonyl (C=O) groups is 2. The molecule has 1 N–H and O–H groups in total. The van der Waals surface area contributed by atoms with Crippen LogP contribution in [0.4, 0.5) is 14.7 Å². The molecule has 7 nitrogen and oxygen atoms in total. The zero-order valence-corrected chi connectivity index (χ0v) is 20.2. The van der Waals surface area contributed by atoms with Gasteiger partial charge in [0.2, 0.25) is 5.95 Å². The molecular weight excluding hydrogens is 472 g/mol. The molecule has 1 aromatic carbocycles. The Bertz CT molecular complexity index is 1320. The Balaban J connectivity index is 1.62. The number of amides is 2. The van der Waals surface area contributed by atoms with Crippen molar-refractivity contribution in [2.24, 2.45) is 5.92 Å². The highest BCUT2D eigenvalue weighted by Gasteiger charge is 2.32. The van der Waals surface area contributed by atoms with Crippen molar-refractivity contribution in [2.75, 3.05) is 11.9 Å². The Hall–Kier alpha value is -3.58. The van der Waals surface area contributed by atoms with Gasteiger partial charge in [0.15, 0.2) is 0 Å². The number of nitrogens with one attached hydrogen (secondary N) is 1. The van der Waals surface area contributed by atoms with E-state index in [1.54, 1.807) is 11.0 Å². The van der Waals surface area contributed by atoms with Crippen molar-refractivity contribution in [1.82, 2.24) is 14.5 Å². The molecule has 1 aliphatic heterocycles. The van der Waals surface area contributed by atoms with E-state index in [1.807, 2.05) is 48.7 Å². The van der Waals surface area contributed by atoms with Crippen molar-refractivity contribution < 1.29 is 18.4 Å². The van der Waals surface area contributed by atoms with Gasteiger partial charge in [-0.1, -0.05) is 32.1 Å². The monoisotopic (exact) mass is 497 g/mol. The molecule has 3 heterocycles. The number of nitrogens with zero attached hydrogens (tertiary/aromatic N) is 4. The lowest BCUT2D eigenvalue weighted by Gasteiger charge is -2.26. The number of nitriles is 1. The summed E-state index contributed by atoms with van der Waals surface area (Å²) in [5.41, 5.74) is 1.57. The number of thiophene rings is 1. The molecule has 0 spiro atoms. The number of likely N-dealkylation sites (tertiary alicyclic amines) is 1. The Kier molecular flexibility index (Phi) is 7.26. The molecule has 0 radical (unpaired) electrons. The molecule has 0 aliphatic carbocycles. The van der Waals surface area contributed by atoms with Crippen LogP contribution in [0, 0.1) is 17.2 Å². The fourth-order valence-corrected chi connectivity index (χ4v) is 5.02. The van der Waals surface area contributed by atoms with Gasteiger partial charge in [0, 0.05) is 13.1 Å². The minimum atomic E-state index is -2.64. The highest BCUT2D eigenvalue weighted by atomic mass is 32.1. The number of anilines is 1. The number of para-hydroxylation sites is 2. The van der Waals surface area contributed by atoms with Gasteiger partial charge in [-0.3, -0.25) is 14.9 Å². The second kappa shape index (κ2) is 10.4. The molecule has 4 rings (SSSR count). The van der Waals surface area contributed by atoms with Gasteiger partial charge in [-0.05, 0) is 43.0 Å². The van der Waals surface area contributed by atoms with Crippen LogP contribution < -0.4 is 5.32 Å². The predicted octanol–water partition coefficient (Wildman–Crippen LogP) is 5.38. The first-order valence-electron chi connectivity index (χ1n) is 11.4. The third kappa shape index (κ3) is 5.25. The van der Waals surface area contributed by atoms with E-state index in [0.717, 1.165) is 29.7 Å². The Labute approximate surface area is 205 Å². The molecule has 1 fully saturated rings. The number of halogens is 2. The van der Waals surface area contributed by atoms with Crippen LogP contribution in [0.2, 0.25) is 0 Å². The second-order valence-electron chi connectivity index (χ2n) is 8.72. The summed E-state index contributed by atoms with van der Waals surface area (Å²) in [6, 6.07) is 11.8. The summed E-state index contributed by atoms with van der Waals surface area (Å²) < 4.78 is 27.8. The quantitative estimate of drug-likeness (QED) is 0.350. The van der Waals surface area contributed by atoms with E-state index < -0.39 is 12.3 Å². The third-order valence-corrected chi connectivity index (χ3v) is 6.92. The molecule has 1 saturated heterocycles. The number of alkyl halides is 2. The molecule has 1 atom stereocenters. The SMILES string of the molecule is CC(C)/C=C(\C#N)C(=O)N1CCC[C@@H]1Cn1c(NC(=O)c2ccc(C(F)F)s2)nc2ccccc21. The largest absolute Gasteiger partial charge is 0.333 e. The number of imidazole rings is 1. The van der Waals surface area contributed by atoms with Crippen LogP contribution >= 0.6 is 11.3 Å². The van der Waals surface area contributed by atoms with E-state index in [4.69, 9.17) is 0 Å². The minimum Gasteiger partial charge on any atom is -0.333 e. The number of hydrogen-bond acceptors (Lipinski definition) is 5. The molecule has 0 bridgehead atoms. The van der Waals surface area contributed by atoms with E-state index in [9.17, 15) is 23.6 Å². The van der Waals surface area contributed by atoms with Crippen LogP contribution in [-0.2, 0) is 11.3 Å². The summed E-state index contributed by atoms with van der Waals surface area (Å²) in [5, 5.41) is 12.3. The average molecular weight is 498 g/mol. The Morgan fingerprint density at radius 1 is 1.29 bits per heavy atom. The molecule has 3 aromatic rings. The first kappa shape index (κ1) is 24.5. The summed E-state index contributed by atoms with van der Waals surface area (Å²) in [7, 11) is 0. The second-order valence-corrected chi connectivity index (χ2v) is 9.84. The van der Waals surface area contributed by atoms with Crippen LogP contribution in [0.5, 0.6) is 0 Å². The fourth-order valence-electron chi connectivity index (χ4n) is 4.26. The molecule has 2 aromatic heterocycles. The molecule has 0 saturated carbocycles.